The van der Waals surface area contributed by atoms with Crippen molar-refractivity contribution in [3.05, 3.63) is 58.6 Å². The number of hydrogen-bond acceptors (Lipinski definition) is 4. The van der Waals surface area contributed by atoms with Crippen molar-refractivity contribution in [3.8, 4) is 0 Å². The number of fused-ring (bicyclic) bond motifs is 1. The largest absolute Gasteiger partial charge is 0.471 e. The number of imidazole rings is 1. The van der Waals surface area contributed by atoms with E-state index in [1.54, 1.807) is 70.2 Å². The van der Waals surface area contributed by atoms with Gasteiger partial charge in [0.1, 0.15) is 0 Å². The van der Waals surface area contributed by atoms with Crippen LogP contribution in [0, 0.1) is 5.41 Å². The number of aromatic nitrogens is 2. The van der Waals surface area contributed by atoms with Gasteiger partial charge < -0.3 is 14.8 Å². The van der Waals surface area contributed by atoms with Crippen molar-refractivity contribution in [3.63, 3.8) is 0 Å². The van der Waals surface area contributed by atoms with Gasteiger partial charge in [0.05, 0.1) is 11.0 Å². The molecule has 7 nitrogen and oxygen atoms in total. The highest BCUT2D eigenvalue weighted by Crippen LogP contribution is 2.31. The zero-order valence-electron chi connectivity index (χ0n) is 22.8. The highest BCUT2D eigenvalue weighted by Gasteiger charge is 2.45. The van der Waals surface area contributed by atoms with Gasteiger partial charge in [-0.1, -0.05) is 38.4 Å². The monoisotopic (exact) mass is 599 g/mol. The predicted octanol–water partition coefficient (Wildman–Crippen LogP) is 6.44. The van der Waals surface area contributed by atoms with Crippen LogP contribution in [0.25, 0.3) is 11.0 Å². The molecule has 1 unspecified atom stereocenters. The summed E-state index contributed by atoms with van der Waals surface area (Å²) in [5.74, 6) is -1.90. The third-order valence-electron chi connectivity index (χ3n) is 7.29. The zero-order valence-corrected chi connectivity index (χ0v) is 24.4. The Kier molecular flexibility index (Phi) is 9.80. The Labute approximate surface area is 242 Å². The molecule has 2 N–H and O–H groups in total. The molecule has 0 spiro atoms. The molecule has 1 aliphatic heterocycles. The Morgan fingerprint density at radius 1 is 1.18 bits per heavy atom. The zero-order chi connectivity index (χ0) is 28.5. The van der Waals surface area contributed by atoms with Gasteiger partial charge in [-0.15, -0.1) is 12.4 Å². The van der Waals surface area contributed by atoms with E-state index in [2.05, 4.69) is 15.6 Å². The Morgan fingerprint density at radius 3 is 2.42 bits per heavy atom. The van der Waals surface area contributed by atoms with Gasteiger partial charge in [0.25, 0.3) is 5.91 Å². The van der Waals surface area contributed by atoms with Crippen molar-refractivity contribution >= 4 is 52.8 Å². The highest BCUT2D eigenvalue weighted by molar-refractivity contribution is 6.30. The van der Waals surface area contributed by atoms with Crippen molar-refractivity contribution in [1.29, 1.82) is 0 Å². The number of anilines is 1. The van der Waals surface area contributed by atoms with E-state index in [-0.39, 0.29) is 30.9 Å². The van der Waals surface area contributed by atoms with Crippen LogP contribution in [0.15, 0.2) is 42.5 Å². The van der Waals surface area contributed by atoms with E-state index >= 15 is 0 Å². The minimum absolute atomic E-state index is 0. The summed E-state index contributed by atoms with van der Waals surface area (Å²) in [7, 11) is 0. The van der Waals surface area contributed by atoms with Crippen LogP contribution in [0.1, 0.15) is 56.5 Å². The number of benzene rings is 2. The van der Waals surface area contributed by atoms with E-state index < -0.39 is 23.5 Å². The lowest BCUT2D eigenvalue weighted by Gasteiger charge is -2.38. The van der Waals surface area contributed by atoms with Crippen molar-refractivity contribution < 1.29 is 22.8 Å². The summed E-state index contributed by atoms with van der Waals surface area (Å²) in [6.07, 6.45) is -2.97. The number of nitrogens with one attached hydrogen (secondary N) is 2. The van der Waals surface area contributed by atoms with Crippen molar-refractivity contribution in [2.24, 2.45) is 5.41 Å². The first-order valence-electron chi connectivity index (χ1n) is 12.9. The number of rotatable bonds is 7. The number of halogens is 5. The molecule has 2 amide bonds. The lowest BCUT2D eigenvalue weighted by atomic mass is 9.86. The molecule has 2 heterocycles. The molecule has 3 aromatic rings. The third-order valence-corrected chi connectivity index (χ3v) is 7.54. The average Bonchev–Trinajstić information content (AvgIpc) is 3.49. The highest BCUT2D eigenvalue weighted by atomic mass is 35.5. The number of alkyl halides is 3. The molecule has 1 aliphatic rings. The van der Waals surface area contributed by atoms with E-state index in [1.807, 2.05) is 4.57 Å². The molecule has 0 bridgehead atoms. The molecule has 4 rings (SSSR count). The van der Waals surface area contributed by atoms with Crippen LogP contribution in [0.3, 0.4) is 0 Å². The lowest BCUT2D eigenvalue weighted by molar-refractivity contribution is -0.190. The number of carbonyl (C=O) groups excluding carboxylic acids is 2. The van der Waals surface area contributed by atoms with Crippen molar-refractivity contribution in [2.75, 3.05) is 11.9 Å². The minimum atomic E-state index is -4.99. The van der Waals surface area contributed by atoms with Crippen LogP contribution >= 0.6 is 24.0 Å². The molecule has 1 fully saturated rings. The van der Waals surface area contributed by atoms with Crippen LogP contribution < -0.4 is 10.6 Å². The van der Waals surface area contributed by atoms with Gasteiger partial charge in [-0.3, -0.25) is 14.9 Å². The van der Waals surface area contributed by atoms with E-state index in [1.165, 1.54) is 0 Å². The topological polar surface area (TPSA) is 79.3 Å². The van der Waals surface area contributed by atoms with Gasteiger partial charge >= 0.3 is 12.1 Å². The lowest BCUT2D eigenvalue weighted by Crippen LogP contribution is -2.50. The molecule has 1 aromatic heterocycles. The maximum atomic E-state index is 13.5. The normalized spacial score (nSPS) is 16.4. The molecule has 2 atom stereocenters. The molecule has 0 radical (unpaired) electrons. The molecule has 218 valence electrons. The van der Waals surface area contributed by atoms with Gasteiger partial charge in [-0.2, -0.15) is 13.2 Å². The van der Waals surface area contributed by atoms with Crippen LogP contribution in [0.2, 0.25) is 5.02 Å². The smallest absolute Gasteiger partial charge is 0.327 e. The van der Waals surface area contributed by atoms with Crippen LogP contribution in [0.5, 0.6) is 0 Å². The Hall–Kier alpha value is -2.82. The van der Waals surface area contributed by atoms with E-state index in [0.717, 1.165) is 29.8 Å². The molecule has 2 aromatic carbocycles. The number of nitrogens with zero attached hydrogens (tertiary/aromatic N) is 3. The standard InChI is InChI=1S/C28H33ClF3N5O2.ClH/c1-17(27(2,3)4)36(25(39)28(30,31)32)15-18-7-12-23-22(14-18)34-26(37(23)16-21-6-5-13-33-21)35-24(38)19-8-10-20(29)11-9-19;/h7-12,14,17,21,33H,5-6,13,15-16H2,1-4H3,(H,34,35,38);1H/t17-,21?;/m0./s1. The Morgan fingerprint density at radius 2 is 1.85 bits per heavy atom. The van der Waals surface area contributed by atoms with Gasteiger partial charge in [0.15, 0.2) is 0 Å². The van der Waals surface area contributed by atoms with Crippen molar-refractivity contribution in [1.82, 2.24) is 19.8 Å². The second kappa shape index (κ2) is 12.4. The van der Waals surface area contributed by atoms with Gasteiger partial charge in [0.2, 0.25) is 5.95 Å². The summed E-state index contributed by atoms with van der Waals surface area (Å²) in [5, 5.41) is 6.83. The molecular weight excluding hydrogens is 566 g/mol. The predicted molar refractivity (Wildman–Crippen MR) is 153 cm³/mol. The first-order chi connectivity index (χ1) is 18.2. The van der Waals surface area contributed by atoms with Crippen molar-refractivity contribution in [2.45, 2.75) is 71.9 Å². The fourth-order valence-corrected chi connectivity index (χ4v) is 4.80. The summed E-state index contributed by atoms with van der Waals surface area (Å²) in [5.41, 5.74) is 1.60. The van der Waals surface area contributed by atoms with E-state index in [4.69, 9.17) is 11.6 Å². The third kappa shape index (κ3) is 7.27. The van der Waals surface area contributed by atoms with Crippen LogP contribution in [-0.4, -0.2) is 51.1 Å². The second-order valence-corrected chi connectivity index (χ2v) is 11.5. The molecule has 0 aliphatic carbocycles. The summed E-state index contributed by atoms with van der Waals surface area (Å²) in [6, 6.07) is 11.2. The summed E-state index contributed by atoms with van der Waals surface area (Å²) >= 11 is 5.95. The fourth-order valence-electron chi connectivity index (χ4n) is 4.67. The molecule has 12 heteroatoms. The number of hydrogen-bond donors (Lipinski definition) is 2. The molecule has 0 saturated carbocycles. The second-order valence-electron chi connectivity index (χ2n) is 11.1. The molecule has 40 heavy (non-hydrogen) atoms. The van der Waals surface area contributed by atoms with E-state index in [0.29, 0.717) is 34.2 Å². The first-order valence-corrected chi connectivity index (χ1v) is 13.3. The molecular formula is C28H34Cl2F3N5O2. The maximum Gasteiger partial charge on any atom is 0.471 e. The maximum absolute atomic E-state index is 13.5. The number of amides is 2. The minimum Gasteiger partial charge on any atom is -0.327 e. The Balaban J connectivity index is 0.00000441. The SMILES string of the molecule is C[C@H](N(Cc1ccc2c(c1)nc(NC(=O)c1ccc(Cl)cc1)n2CC1CCCN1)C(=O)C(F)(F)F)C(C)(C)C.Cl. The van der Waals surface area contributed by atoms with E-state index in [9.17, 15) is 22.8 Å². The van der Waals surface area contributed by atoms with Crippen LogP contribution in [0.4, 0.5) is 19.1 Å². The summed E-state index contributed by atoms with van der Waals surface area (Å²) in [6.45, 7) is 8.25. The van der Waals surface area contributed by atoms with Gasteiger partial charge in [-0.05, 0) is 73.7 Å². The summed E-state index contributed by atoms with van der Waals surface area (Å²) in [4.78, 5) is 30.8. The number of carbonyl (C=O) groups is 2. The van der Waals surface area contributed by atoms with Gasteiger partial charge in [-0.25, -0.2) is 4.98 Å². The average molecular weight is 601 g/mol. The van der Waals surface area contributed by atoms with Crippen LogP contribution in [-0.2, 0) is 17.9 Å². The van der Waals surface area contributed by atoms with Gasteiger partial charge in [0, 0.05) is 35.8 Å². The summed E-state index contributed by atoms with van der Waals surface area (Å²) < 4.78 is 42.3. The molecule has 1 saturated heterocycles. The quantitative estimate of drug-likeness (QED) is 0.327. The Bertz CT molecular complexity index is 1350. The first kappa shape index (κ1) is 31.7. The fraction of sp³-hybridized carbons (Fsp3) is 0.464.